The first-order valence-corrected chi connectivity index (χ1v) is 7.31. The van der Waals surface area contributed by atoms with E-state index in [1.54, 1.807) is 6.20 Å². The predicted octanol–water partition coefficient (Wildman–Crippen LogP) is 3.79. The quantitative estimate of drug-likeness (QED) is 0.622. The second-order valence-electron chi connectivity index (χ2n) is 5.56. The zero-order valence-corrected chi connectivity index (χ0v) is 12.7. The van der Waals surface area contributed by atoms with Crippen LogP contribution in [0.1, 0.15) is 17.0 Å². The van der Waals surface area contributed by atoms with E-state index in [4.69, 9.17) is 4.52 Å². The molecular formula is C17H12F2N4O. The van der Waals surface area contributed by atoms with Crippen LogP contribution in [0.2, 0.25) is 0 Å². The monoisotopic (exact) mass is 326 g/mol. The van der Waals surface area contributed by atoms with Crippen molar-refractivity contribution < 1.29 is 13.3 Å². The maximum atomic E-state index is 13.3. The van der Waals surface area contributed by atoms with E-state index in [0.717, 1.165) is 28.1 Å². The second kappa shape index (κ2) is 5.52. The van der Waals surface area contributed by atoms with Gasteiger partial charge in [-0.1, -0.05) is 11.2 Å². The lowest BCUT2D eigenvalue weighted by Gasteiger charge is -2.01. The number of aryl methyl sites for hydroxylation is 1. The summed E-state index contributed by atoms with van der Waals surface area (Å²) in [6, 6.07) is 7.19. The number of benzene rings is 2. The average molecular weight is 326 g/mol. The summed E-state index contributed by atoms with van der Waals surface area (Å²) in [5.41, 5.74) is 3.07. The summed E-state index contributed by atoms with van der Waals surface area (Å²) in [6.45, 7) is 1.94. The van der Waals surface area contributed by atoms with Crippen LogP contribution in [0.15, 0.2) is 41.1 Å². The molecular weight excluding hydrogens is 314 g/mol. The molecule has 0 aliphatic carbocycles. The van der Waals surface area contributed by atoms with Crippen molar-refractivity contribution in [3.05, 3.63) is 65.1 Å². The Labute approximate surface area is 135 Å². The van der Waals surface area contributed by atoms with Gasteiger partial charge < -0.3 is 4.52 Å². The molecule has 5 nitrogen and oxygen atoms in total. The van der Waals surface area contributed by atoms with E-state index in [1.807, 2.05) is 19.1 Å². The highest BCUT2D eigenvalue weighted by Crippen LogP contribution is 2.30. The molecule has 0 bridgehead atoms. The minimum atomic E-state index is -0.632. The molecule has 0 spiro atoms. The van der Waals surface area contributed by atoms with Crippen molar-refractivity contribution in [2.75, 3.05) is 0 Å². The van der Waals surface area contributed by atoms with Crippen LogP contribution in [0, 0.1) is 18.6 Å². The fourth-order valence-corrected chi connectivity index (χ4v) is 2.73. The van der Waals surface area contributed by atoms with Crippen molar-refractivity contribution >= 4 is 10.9 Å². The number of fused-ring (bicyclic) bond motifs is 1. The van der Waals surface area contributed by atoms with Gasteiger partial charge in [0.15, 0.2) is 5.82 Å². The van der Waals surface area contributed by atoms with Gasteiger partial charge in [0.25, 0.3) is 5.89 Å². The molecule has 4 aromatic rings. The fraction of sp³-hybridized carbons (Fsp3) is 0.118. The van der Waals surface area contributed by atoms with Gasteiger partial charge in [-0.25, -0.2) is 8.78 Å². The van der Waals surface area contributed by atoms with Gasteiger partial charge in [0.05, 0.1) is 17.3 Å². The Morgan fingerprint density at radius 1 is 1.12 bits per heavy atom. The molecule has 0 amide bonds. The summed E-state index contributed by atoms with van der Waals surface area (Å²) in [7, 11) is 0. The number of aromatic amines is 1. The molecule has 2 aromatic heterocycles. The minimum Gasteiger partial charge on any atom is -0.334 e. The Morgan fingerprint density at radius 3 is 2.71 bits per heavy atom. The van der Waals surface area contributed by atoms with Gasteiger partial charge in [-0.3, -0.25) is 5.10 Å². The van der Waals surface area contributed by atoms with Crippen LogP contribution in [0.25, 0.3) is 22.4 Å². The fourth-order valence-electron chi connectivity index (χ4n) is 2.73. The Kier molecular flexibility index (Phi) is 3.34. The van der Waals surface area contributed by atoms with Crippen molar-refractivity contribution in [2.45, 2.75) is 13.3 Å². The SMILES string of the molecule is Cc1ccc2[nH]ncc2c1-c1nc(Cc2cc(F)cc(F)c2)no1. The molecule has 0 aliphatic heterocycles. The highest BCUT2D eigenvalue weighted by atomic mass is 19.1. The molecule has 0 saturated carbocycles. The van der Waals surface area contributed by atoms with E-state index in [-0.39, 0.29) is 6.42 Å². The number of hydrogen-bond donors (Lipinski definition) is 1. The lowest BCUT2D eigenvalue weighted by molar-refractivity contribution is 0.424. The van der Waals surface area contributed by atoms with Gasteiger partial charge in [0.2, 0.25) is 0 Å². The summed E-state index contributed by atoms with van der Waals surface area (Å²) in [4.78, 5) is 4.36. The molecule has 2 aromatic carbocycles. The third-order valence-corrected chi connectivity index (χ3v) is 3.80. The number of nitrogens with one attached hydrogen (secondary N) is 1. The molecule has 0 atom stereocenters. The number of halogens is 2. The largest absolute Gasteiger partial charge is 0.334 e. The zero-order valence-electron chi connectivity index (χ0n) is 12.7. The van der Waals surface area contributed by atoms with Crippen molar-refractivity contribution in [2.24, 2.45) is 0 Å². The first-order chi connectivity index (χ1) is 11.6. The molecule has 24 heavy (non-hydrogen) atoms. The molecule has 4 rings (SSSR count). The van der Waals surface area contributed by atoms with Crippen LogP contribution in [0.3, 0.4) is 0 Å². The summed E-state index contributed by atoms with van der Waals surface area (Å²) < 4.78 is 31.9. The molecule has 0 saturated heterocycles. The van der Waals surface area contributed by atoms with Crippen LogP contribution in [0.5, 0.6) is 0 Å². The number of rotatable bonds is 3. The Bertz CT molecular complexity index is 1020. The van der Waals surface area contributed by atoms with Crippen LogP contribution in [-0.2, 0) is 6.42 Å². The third kappa shape index (κ3) is 2.54. The smallest absolute Gasteiger partial charge is 0.258 e. The van der Waals surface area contributed by atoms with Gasteiger partial charge >= 0.3 is 0 Å². The summed E-state index contributed by atoms with van der Waals surface area (Å²) in [5.74, 6) is -0.554. The molecule has 2 heterocycles. The lowest BCUT2D eigenvalue weighted by atomic mass is 10.0. The highest BCUT2D eigenvalue weighted by Gasteiger charge is 2.16. The molecule has 0 aliphatic rings. The van der Waals surface area contributed by atoms with E-state index < -0.39 is 11.6 Å². The molecule has 0 radical (unpaired) electrons. The number of nitrogens with zero attached hydrogens (tertiary/aromatic N) is 3. The first kappa shape index (κ1) is 14.5. The molecule has 1 N–H and O–H groups in total. The average Bonchev–Trinajstić information content (AvgIpc) is 3.15. The number of H-pyrrole nitrogens is 1. The summed E-state index contributed by atoms with van der Waals surface area (Å²) in [6.07, 6.45) is 1.88. The topological polar surface area (TPSA) is 67.6 Å². The standard InChI is InChI=1S/C17H12F2N4O/c1-9-2-3-14-13(8-20-22-14)16(9)17-21-15(23-24-17)6-10-4-11(18)7-12(19)5-10/h2-5,7-8H,6H2,1H3,(H,20,22). The van der Waals surface area contributed by atoms with Crippen molar-refractivity contribution in [1.29, 1.82) is 0 Å². The van der Waals surface area contributed by atoms with Crippen molar-refractivity contribution in [3.8, 4) is 11.5 Å². The maximum absolute atomic E-state index is 13.3. The minimum absolute atomic E-state index is 0.179. The van der Waals surface area contributed by atoms with Gasteiger partial charge in [0.1, 0.15) is 11.6 Å². The normalized spacial score (nSPS) is 11.3. The number of hydrogen-bond acceptors (Lipinski definition) is 4. The van der Waals surface area contributed by atoms with Gasteiger partial charge in [-0.2, -0.15) is 10.1 Å². The Morgan fingerprint density at radius 2 is 1.92 bits per heavy atom. The highest BCUT2D eigenvalue weighted by molar-refractivity contribution is 5.93. The summed E-state index contributed by atoms with van der Waals surface area (Å²) in [5, 5.41) is 11.7. The molecule has 7 heteroatoms. The molecule has 0 unspecified atom stereocenters. The van der Waals surface area contributed by atoms with Crippen LogP contribution in [-0.4, -0.2) is 20.3 Å². The van der Waals surface area contributed by atoms with Crippen LogP contribution >= 0.6 is 0 Å². The first-order valence-electron chi connectivity index (χ1n) is 7.31. The van der Waals surface area contributed by atoms with Crippen LogP contribution < -0.4 is 0 Å². The number of aromatic nitrogens is 4. The predicted molar refractivity (Wildman–Crippen MR) is 83.3 cm³/mol. The summed E-state index contributed by atoms with van der Waals surface area (Å²) >= 11 is 0. The third-order valence-electron chi connectivity index (χ3n) is 3.80. The molecule has 120 valence electrons. The van der Waals surface area contributed by atoms with Crippen molar-refractivity contribution in [1.82, 2.24) is 20.3 Å². The van der Waals surface area contributed by atoms with Gasteiger partial charge in [0, 0.05) is 17.9 Å². The zero-order chi connectivity index (χ0) is 16.7. The lowest BCUT2D eigenvalue weighted by Crippen LogP contribution is -1.93. The van der Waals surface area contributed by atoms with E-state index in [0.29, 0.717) is 17.3 Å². The second-order valence-corrected chi connectivity index (χ2v) is 5.56. The van der Waals surface area contributed by atoms with Crippen LogP contribution in [0.4, 0.5) is 8.78 Å². The Balaban J connectivity index is 1.72. The Hall–Kier alpha value is -3.09. The van der Waals surface area contributed by atoms with E-state index in [9.17, 15) is 8.78 Å². The van der Waals surface area contributed by atoms with Gasteiger partial charge in [-0.15, -0.1) is 0 Å². The van der Waals surface area contributed by atoms with Gasteiger partial charge in [-0.05, 0) is 36.2 Å². The van der Waals surface area contributed by atoms with E-state index in [2.05, 4.69) is 20.3 Å². The maximum Gasteiger partial charge on any atom is 0.258 e. The van der Waals surface area contributed by atoms with E-state index in [1.165, 1.54) is 12.1 Å². The van der Waals surface area contributed by atoms with Crippen molar-refractivity contribution in [3.63, 3.8) is 0 Å². The molecule has 0 fully saturated rings. The van der Waals surface area contributed by atoms with E-state index >= 15 is 0 Å².